The van der Waals surface area contributed by atoms with E-state index in [4.69, 9.17) is 9.84 Å². The number of methoxy groups -OCH3 is 1. The summed E-state index contributed by atoms with van der Waals surface area (Å²) in [7, 11) is 1.56. The van der Waals surface area contributed by atoms with Gasteiger partial charge >= 0.3 is 5.97 Å². The van der Waals surface area contributed by atoms with E-state index in [2.05, 4.69) is 21.2 Å². The van der Waals surface area contributed by atoms with Crippen molar-refractivity contribution in [3.05, 3.63) is 14.7 Å². The number of hydrogen-bond donors (Lipinski definition) is 2. The Labute approximate surface area is 129 Å². The van der Waals surface area contributed by atoms with Crippen LogP contribution in [0.3, 0.4) is 0 Å². The molecule has 0 unspecified atom stereocenters. The zero-order chi connectivity index (χ0) is 14.7. The number of halogens is 1. The first-order valence-corrected chi connectivity index (χ1v) is 7.99. The number of thiophene rings is 1. The van der Waals surface area contributed by atoms with E-state index < -0.39 is 5.97 Å². The number of amides is 1. The Kier molecular flexibility index (Phi) is 5.04. The summed E-state index contributed by atoms with van der Waals surface area (Å²) in [5.41, 5.74) is 0. The Morgan fingerprint density at radius 3 is 2.55 bits per heavy atom. The van der Waals surface area contributed by atoms with Crippen LogP contribution < -0.4 is 10.1 Å². The predicted octanol–water partition coefficient (Wildman–Crippen LogP) is 2.89. The number of carbonyl (C=O) groups excluding carboxylic acids is 1. The van der Waals surface area contributed by atoms with E-state index in [0.29, 0.717) is 36.3 Å². The van der Waals surface area contributed by atoms with Crippen LogP contribution in [-0.4, -0.2) is 30.1 Å². The molecule has 1 fully saturated rings. The summed E-state index contributed by atoms with van der Waals surface area (Å²) < 4.78 is 5.92. The van der Waals surface area contributed by atoms with Crippen molar-refractivity contribution >= 4 is 39.1 Å². The van der Waals surface area contributed by atoms with Crippen molar-refractivity contribution < 1.29 is 19.4 Å². The SMILES string of the molecule is COc1cc(C(=O)NC2CCC(C(=O)O)CC2)sc1Br. The first-order valence-electron chi connectivity index (χ1n) is 6.38. The molecule has 0 bridgehead atoms. The molecule has 0 aromatic carbocycles. The molecule has 20 heavy (non-hydrogen) atoms. The standard InChI is InChI=1S/C13H16BrNO4S/c1-19-9-6-10(20-11(9)14)12(16)15-8-4-2-7(3-5-8)13(17)18/h6-8H,2-5H2,1H3,(H,15,16)(H,17,18). The van der Waals surface area contributed by atoms with Crippen LogP contribution in [0.5, 0.6) is 5.75 Å². The molecule has 0 radical (unpaired) electrons. The monoisotopic (exact) mass is 361 g/mol. The fraction of sp³-hybridized carbons (Fsp3) is 0.538. The molecule has 0 aliphatic heterocycles. The second-order valence-corrected chi connectivity index (χ2v) is 7.18. The van der Waals surface area contributed by atoms with E-state index in [1.165, 1.54) is 11.3 Å². The van der Waals surface area contributed by atoms with Crippen molar-refractivity contribution in [3.8, 4) is 5.75 Å². The molecule has 0 spiro atoms. The van der Waals surface area contributed by atoms with E-state index in [1.54, 1.807) is 13.2 Å². The van der Waals surface area contributed by atoms with Crippen molar-refractivity contribution in [3.63, 3.8) is 0 Å². The lowest BCUT2D eigenvalue weighted by molar-refractivity contribution is -0.142. The van der Waals surface area contributed by atoms with Crippen LogP contribution in [0.1, 0.15) is 35.4 Å². The zero-order valence-electron chi connectivity index (χ0n) is 11.0. The summed E-state index contributed by atoms with van der Waals surface area (Å²) in [6.45, 7) is 0. The quantitative estimate of drug-likeness (QED) is 0.864. The van der Waals surface area contributed by atoms with Crippen LogP contribution in [0, 0.1) is 5.92 Å². The van der Waals surface area contributed by atoms with Gasteiger partial charge in [-0.05, 0) is 41.6 Å². The molecule has 2 rings (SSSR count). The minimum absolute atomic E-state index is 0.0602. The van der Waals surface area contributed by atoms with Gasteiger partial charge in [-0.2, -0.15) is 0 Å². The van der Waals surface area contributed by atoms with Crippen molar-refractivity contribution in [1.82, 2.24) is 5.32 Å². The van der Waals surface area contributed by atoms with Crippen LogP contribution in [0.2, 0.25) is 0 Å². The molecule has 1 aromatic heterocycles. The maximum atomic E-state index is 12.1. The Hall–Kier alpha value is -1.08. The highest BCUT2D eigenvalue weighted by molar-refractivity contribution is 9.11. The highest BCUT2D eigenvalue weighted by Gasteiger charge is 2.27. The van der Waals surface area contributed by atoms with Gasteiger partial charge in [0.05, 0.1) is 17.9 Å². The van der Waals surface area contributed by atoms with Crippen LogP contribution >= 0.6 is 27.3 Å². The average molecular weight is 362 g/mol. The fourth-order valence-electron chi connectivity index (χ4n) is 2.34. The summed E-state index contributed by atoms with van der Waals surface area (Å²) >= 11 is 4.67. The molecule has 7 heteroatoms. The molecule has 5 nitrogen and oxygen atoms in total. The van der Waals surface area contributed by atoms with Gasteiger partial charge in [0.2, 0.25) is 0 Å². The number of carboxylic acid groups (broad SMARTS) is 1. The lowest BCUT2D eigenvalue weighted by atomic mass is 9.86. The van der Waals surface area contributed by atoms with Gasteiger partial charge in [0.15, 0.2) is 0 Å². The molecule has 1 amide bonds. The van der Waals surface area contributed by atoms with E-state index in [0.717, 1.165) is 3.79 Å². The Balaban J connectivity index is 1.90. The van der Waals surface area contributed by atoms with Crippen LogP contribution in [-0.2, 0) is 4.79 Å². The van der Waals surface area contributed by atoms with Crippen LogP contribution in [0.15, 0.2) is 9.85 Å². The number of rotatable bonds is 4. The molecule has 0 atom stereocenters. The topological polar surface area (TPSA) is 75.6 Å². The van der Waals surface area contributed by atoms with Gasteiger partial charge in [-0.1, -0.05) is 0 Å². The number of aliphatic carboxylic acids is 1. The zero-order valence-corrected chi connectivity index (χ0v) is 13.4. The Bertz CT molecular complexity index is 508. The molecule has 1 saturated carbocycles. The molecule has 1 heterocycles. The normalized spacial score (nSPS) is 22.3. The van der Waals surface area contributed by atoms with Gasteiger partial charge in [0.25, 0.3) is 5.91 Å². The van der Waals surface area contributed by atoms with Crippen molar-refractivity contribution in [2.75, 3.05) is 7.11 Å². The van der Waals surface area contributed by atoms with Gasteiger partial charge in [-0.15, -0.1) is 11.3 Å². The number of nitrogens with one attached hydrogen (secondary N) is 1. The molecule has 110 valence electrons. The summed E-state index contributed by atoms with van der Waals surface area (Å²) in [5.74, 6) is -0.478. The van der Waals surface area contributed by atoms with Gasteiger partial charge in [-0.3, -0.25) is 9.59 Å². The number of ether oxygens (including phenoxy) is 1. The largest absolute Gasteiger partial charge is 0.495 e. The number of hydrogen-bond acceptors (Lipinski definition) is 4. The molecular formula is C13H16BrNO4S. The molecule has 1 aromatic rings. The third-order valence-electron chi connectivity index (χ3n) is 3.51. The maximum Gasteiger partial charge on any atom is 0.306 e. The highest BCUT2D eigenvalue weighted by atomic mass is 79.9. The predicted molar refractivity (Wildman–Crippen MR) is 79.4 cm³/mol. The van der Waals surface area contributed by atoms with E-state index in [9.17, 15) is 9.59 Å². The van der Waals surface area contributed by atoms with Gasteiger partial charge < -0.3 is 15.2 Å². The molecule has 0 saturated heterocycles. The minimum Gasteiger partial charge on any atom is -0.495 e. The Morgan fingerprint density at radius 2 is 2.05 bits per heavy atom. The number of carboxylic acids is 1. The highest BCUT2D eigenvalue weighted by Crippen LogP contribution is 2.34. The molecule has 2 N–H and O–H groups in total. The van der Waals surface area contributed by atoms with Crippen molar-refractivity contribution in [2.45, 2.75) is 31.7 Å². The fourth-order valence-corrected chi connectivity index (χ4v) is 3.90. The van der Waals surface area contributed by atoms with Gasteiger partial charge in [-0.25, -0.2) is 0 Å². The molecular weight excluding hydrogens is 346 g/mol. The number of carbonyl (C=O) groups is 2. The Morgan fingerprint density at radius 1 is 1.40 bits per heavy atom. The third-order valence-corrected chi connectivity index (χ3v) is 5.29. The van der Waals surface area contributed by atoms with E-state index in [1.807, 2.05) is 0 Å². The first-order chi connectivity index (χ1) is 9.51. The summed E-state index contributed by atoms with van der Waals surface area (Å²) in [5, 5.41) is 11.9. The van der Waals surface area contributed by atoms with Crippen LogP contribution in [0.4, 0.5) is 0 Å². The average Bonchev–Trinajstić information content (AvgIpc) is 2.80. The molecule has 1 aliphatic rings. The second-order valence-electron chi connectivity index (χ2n) is 4.81. The van der Waals surface area contributed by atoms with Crippen LogP contribution in [0.25, 0.3) is 0 Å². The summed E-state index contributed by atoms with van der Waals surface area (Å²) in [6.07, 6.45) is 2.67. The first kappa shape index (κ1) is 15.3. The maximum absolute atomic E-state index is 12.1. The summed E-state index contributed by atoms with van der Waals surface area (Å²) in [4.78, 5) is 23.6. The van der Waals surface area contributed by atoms with Crippen molar-refractivity contribution in [1.29, 1.82) is 0 Å². The van der Waals surface area contributed by atoms with Gasteiger partial charge in [0.1, 0.15) is 9.54 Å². The van der Waals surface area contributed by atoms with Crippen molar-refractivity contribution in [2.24, 2.45) is 5.92 Å². The summed E-state index contributed by atoms with van der Waals surface area (Å²) in [6, 6.07) is 1.76. The van der Waals surface area contributed by atoms with Gasteiger partial charge in [0, 0.05) is 12.1 Å². The van der Waals surface area contributed by atoms with E-state index >= 15 is 0 Å². The smallest absolute Gasteiger partial charge is 0.306 e. The lowest BCUT2D eigenvalue weighted by Crippen LogP contribution is -2.38. The second kappa shape index (κ2) is 6.58. The third kappa shape index (κ3) is 3.52. The van der Waals surface area contributed by atoms with E-state index in [-0.39, 0.29) is 17.9 Å². The molecule has 1 aliphatic carbocycles. The minimum atomic E-state index is -0.735. The lowest BCUT2D eigenvalue weighted by Gasteiger charge is -2.26.